The highest BCUT2D eigenvalue weighted by atomic mass is 32.1. The number of aromatic amines is 1. The number of hydrogen-bond donors (Lipinski definition) is 4. The zero-order valence-electron chi connectivity index (χ0n) is 16.8. The molecule has 31 heavy (non-hydrogen) atoms. The molecule has 158 valence electrons. The average Bonchev–Trinajstić information content (AvgIpc) is 3.33. The number of H-pyrrole nitrogens is 1. The number of hydrogen-bond acceptors (Lipinski definition) is 4. The fraction of sp³-hybridized carbons (Fsp3) is 0.182. The fourth-order valence-electron chi connectivity index (χ4n) is 3.16. The maximum Gasteiger partial charge on any atom is 0.175 e. The Labute approximate surface area is 185 Å². The number of thiocarbonyl (C=S) groups is 1. The summed E-state index contributed by atoms with van der Waals surface area (Å²) in [7, 11) is 0. The first-order chi connectivity index (χ1) is 15.2. The van der Waals surface area contributed by atoms with E-state index in [0.29, 0.717) is 23.9 Å². The highest BCUT2D eigenvalue weighted by Gasteiger charge is 2.18. The molecule has 0 bridgehead atoms. The summed E-state index contributed by atoms with van der Waals surface area (Å²) < 4.78 is 5.45. The lowest BCUT2D eigenvalue weighted by Gasteiger charge is -2.29. The van der Waals surface area contributed by atoms with Crippen molar-refractivity contribution in [1.82, 2.24) is 14.9 Å². The van der Waals surface area contributed by atoms with Crippen LogP contribution in [0.15, 0.2) is 72.1 Å². The molecule has 8 nitrogen and oxygen atoms in total. The van der Waals surface area contributed by atoms with Gasteiger partial charge in [0.15, 0.2) is 16.8 Å². The summed E-state index contributed by atoms with van der Waals surface area (Å²) in [5, 5.41) is 15.2. The van der Waals surface area contributed by atoms with Crippen molar-refractivity contribution in [2.45, 2.75) is 0 Å². The first-order valence-electron chi connectivity index (χ1n) is 9.91. The van der Waals surface area contributed by atoms with Gasteiger partial charge in [-0.3, -0.25) is 10.4 Å². The van der Waals surface area contributed by atoms with Gasteiger partial charge in [0.05, 0.1) is 30.8 Å². The maximum atomic E-state index is 8.52. The summed E-state index contributed by atoms with van der Waals surface area (Å²) in [5.41, 5.74) is 3.23. The number of morpholine rings is 1. The van der Waals surface area contributed by atoms with E-state index >= 15 is 0 Å². The number of amidine groups is 2. The van der Waals surface area contributed by atoms with Crippen LogP contribution in [0.1, 0.15) is 11.3 Å². The molecule has 0 unspecified atom stereocenters. The van der Waals surface area contributed by atoms with E-state index in [9.17, 15) is 0 Å². The molecular weight excluding hydrogens is 410 g/mol. The lowest BCUT2D eigenvalue weighted by atomic mass is 10.2. The zero-order chi connectivity index (χ0) is 21.5. The smallest absolute Gasteiger partial charge is 0.175 e. The molecule has 0 saturated carbocycles. The van der Waals surface area contributed by atoms with Crippen LogP contribution in [0.4, 0.5) is 11.4 Å². The van der Waals surface area contributed by atoms with E-state index in [1.807, 2.05) is 54.7 Å². The Morgan fingerprint density at radius 1 is 1.06 bits per heavy atom. The second-order valence-corrected chi connectivity index (χ2v) is 7.27. The van der Waals surface area contributed by atoms with Crippen molar-refractivity contribution in [2.75, 3.05) is 36.9 Å². The summed E-state index contributed by atoms with van der Waals surface area (Å²) >= 11 is 5.34. The molecule has 1 aromatic carbocycles. The van der Waals surface area contributed by atoms with Crippen LogP contribution < -0.4 is 10.6 Å². The van der Waals surface area contributed by atoms with Crippen LogP contribution in [0, 0.1) is 5.41 Å². The van der Waals surface area contributed by atoms with Gasteiger partial charge in [0.1, 0.15) is 0 Å². The quantitative estimate of drug-likeness (QED) is 0.286. The predicted molar refractivity (Wildman–Crippen MR) is 127 cm³/mol. The molecule has 0 radical (unpaired) electrons. The molecule has 9 heteroatoms. The highest BCUT2D eigenvalue weighted by molar-refractivity contribution is 7.80. The Morgan fingerprint density at radius 3 is 2.52 bits per heavy atom. The van der Waals surface area contributed by atoms with E-state index in [1.165, 1.54) is 0 Å². The topological polar surface area (TPSA) is 101 Å². The minimum Gasteiger partial charge on any atom is -0.378 e. The molecule has 1 fully saturated rings. The molecule has 0 atom stereocenters. The summed E-state index contributed by atoms with van der Waals surface area (Å²) in [4.78, 5) is 14.0. The van der Waals surface area contributed by atoms with Crippen molar-refractivity contribution < 1.29 is 4.74 Å². The monoisotopic (exact) mass is 433 g/mol. The van der Waals surface area contributed by atoms with Gasteiger partial charge in [0, 0.05) is 36.7 Å². The molecule has 0 amide bonds. The number of pyridine rings is 1. The van der Waals surface area contributed by atoms with Gasteiger partial charge >= 0.3 is 0 Å². The standard InChI is InChI=1S/C22H23N7OS/c23-20(28-21(19-4-2-10-25-19)29-11-13-30-14-12-29)16-5-7-17(8-6-16)26-22(31)27-18-3-1-9-24-15-18/h1-10,15,23,25H,11-14H2,(H2,26,27,31). The van der Waals surface area contributed by atoms with Gasteiger partial charge in [-0.1, -0.05) is 0 Å². The van der Waals surface area contributed by atoms with Crippen LogP contribution in [-0.4, -0.2) is 58.0 Å². The molecule has 4 rings (SSSR count). The van der Waals surface area contributed by atoms with Gasteiger partial charge in [-0.05, 0) is 60.7 Å². The van der Waals surface area contributed by atoms with Crippen molar-refractivity contribution in [2.24, 2.45) is 4.99 Å². The first-order valence-corrected chi connectivity index (χ1v) is 10.3. The number of aromatic nitrogens is 2. The van der Waals surface area contributed by atoms with Crippen molar-refractivity contribution >= 4 is 40.4 Å². The number of benzene rings is 1. The molecule has 4 N–H and O–H groups in total. The number of nitrogens with one attached hydrogen (secondary N) is 4. The minimum atomic E-state index is 0.193. The molecule has 0 spiro atoms. The fourth-order valence-corrected chi connectivity index (χ4v) is 3.39. The van der Waals surface area contributed by atoms with Crippen LogP contribution in [0.3, 0.4) is 0 Å². The van der Waals surface area contributed by atoms with E-state index < -0.39 is 0 Å². The van der Waals surface area contributed by atoms with Crippen LogP contribution in [0.5, 0.6) is 0 Å². The molecule has 2 aromatic heterocycles. The van der Waals surface area contributed by atoms with E-state index in [1.54, 1.807) is 12.4 Å². The maximum absolute atomic E-state index is 8.52. The second kappa shape index (κ2) is 9.96. The summed E-state index contributed by atoms with van der Waals surface area (Å²) in [5.74, 6) is 0.945. The number of rotatable bonds is 4. The lowest BCUT2D eigenvalue weighted by molar-refractivity contribution is 0.0682. The van der Waals surface area contributed by atoms with E-state index in [-0.39, 0.29) is 5.84 Å². The molecule has 1 aliphatic rings. The van der Waals surface area contributed by atoms with Crippen LogP contribution >= 0.6 is 12.2 Å². The Kier molecular flexibility index (Phi) is 6.65. The van der Waals surface area contributed by atoms with E-state index in [4.69, 9.17) is 22.4 Å². The van der Waals surface area contributed by atoms with Gasteiger partial charge < -0.3 is 25.3 Å². The molecule has 3 aromatic rings. The second-order valence-electron chi connectivity index (χ2n) is 6.87. The Balaban J connectivity index is 1.44. The number of ether oxygens (including phenoxy) is 1. The molecule has 0 aliphatic carbocycles. The van der Waals surface area contributed by atoms with Gasteiger partial charge in [0.25, 0.3) is 0 Å². The third-order valence-electron chi connectivity index (χ3n) is 4.70. The molecule has 1 aliphatic heterocycles. The van der Waals surface area contributed by atoms with Crippen LogP contribution in [0.2, 0.25) is 0 Å². The third-order valence-corrected chi connectivity index (χ3v) is 4.91. The van der Waals surface area contributed by atoms with E-state index in [2.05, 4.69) is 30.5 Å². The van der Waals surface area contributed by atoms with Gasteiger partial charge in [-0.25, -0.2) is 4.99 Å². The van der Waals surface area contributed by atoms with Crippen molar-refractivity contribution in [3.63, 3.8) is 0 Å². The number of aliphatic imine (C=N–C) groups is 1. The van der Waals surface area contributed by atoms with E-state index in [0.717, 1.165) is 36.0 Å². The molecule has 3 heterocycles. The average molecular weight is 434 g/mol. The number of anilines is 2. The van der Waals surface area contributed by atoms with Crippen molar-refractivity contribution in [3.8, 4) is 0 Å². The first kappa shape index (κ1) is 20.7. The summed E-state index contributed by atoms with van der Waals surface area (Å²) in [6, 6.07) is 15.1. The zero-order valence-corrected chi connectivity index (χ0v) is 17.7. The Hall–Kier alpha value is -3.56. The number of nitrogens with zero attached hydrogens (tertiary/aromatic N) is 3. The van der Waals surface area contributed by atoms with Crippen LogP contribution in [0.25, 0.3) is 0 Å². The predicted octanol–water partition coefficient (Wildman–Crippen LogP) is 3.32. The van der Waals surface area contributed by atoms with Crippen molar-refractivity contribution in [1.29, 1.82) is 5.41 Å². The van der Waals surface area contributed by atoms with Gasteiger partial charge in [-0.15, -0.1) is 0 Å². The SMILES string of the molecule is N=C(N=C(c1ccc[nH]1)N1CCOCC1)c1ccc(NC(=S)Nc2cccnc2)cc1. The molecular formula is C22H23N7OS. The largest absolute Gasteiger partial charge is 0.378 e. The Morgan fingerprint density at radius 2 is 1.84 bits per heavy atom. The minimum absolute atomic E-state index is 0.193. The third kappa shape index (κ3) is 5.53. The Bertz CT molecular complexity index is 1040. The highest BCUT2D eigenvalue weighted by Crippen LogP contribution is 2.14. The molecule has 1 saturated heterocycles. The summed E-state index contributed by atoms with van der Waals surface area (Å²) in [6.07, 6.45) is 5.27. The lowest BCUT2D eigenvalue weighted by Crippen LogP contribution is -2.41. The van der Waals surface area contributed by atoms with Crippen LogP contribution in [-0.2, 0) is 4.74 Å². The van der Waals surface area contributed by atoms with Crippen molar-refractivity contribution in [3.05, 3.63) is 78.4 Å². The van der Waals surface area contributed by atoms with Gasteiger partial charge in [-0.2, -0.15) is 0 Å². The normalized spacial score (nSPS) is 14.2. The van der Waals surface area contributed by atoms with Gasteiger partial charge in [0.2, 0.25) is 0 Å². The summed E-state index contributed by atoms with van der Waals surface area (Å²) in [6.45, 7) is 2.80.